The Morgan fingerprint density at radius 3 is 1.96 bits per heavy atom. The fourth-order valence-electron chi connectivity index (χ4n) is 8.50. The lowest BCUT2D eigenvalue weighted by Crippen LogP contribution is -2.10. The summed E-state index contributed by atoms with van der Waals surface area (Å²) in [5.74, 6) is 0.897. The van der Waals surface area contributed by atoms with Crippen molar-refractivity contribution in [1.82, 2.24) is 19.5 Å². The fraction of sp³-hybridized carbons (Fsp3) is 0.0577. The number of hydrogen-bond acceptors (Lipinski definition) is 4. The zero-order chi connectivity index (χ0) is 37.9. The number of fused-ring (bicyclic) bond motifs is 6. The average molecular weight is 749 g/mol. The van der Waals surface area contributed by atoms with E-state index in [1.807, 2.05) is 23.6 Å². The first-order valence-electron chi connectivity index (χ1n) is 19.5. The molecule has 0 saturated heterocycles. The van der Waals surface area contributed by atoms with Crippen LogP contribution in [-0.4, -0.2) is 19.5 Å². The van der Waals surface area contributed by atoms with Crippen LogP contribution in [-0.2, 0) is 0 Å². The largest absolute Gasteiger partial charge is 0.276 e. The Morgan fingerprint density at radius 2 is 1.16 bits per heavy atom. The zero-order valence-corrected chi connectivity index (χ0v) is 32.1. The SMILES string of the molecule is CC1CC(c2ccccc2)=CC=C1c1cc(-c2ccc(-c3ccccc3)cc2)nc(-n2c3ccc(-c4ccc5sc6ccccc6c5c4)cc3c3ncccc32)n1. The molecule has 5 heteroatoms. The van der Waals surface area contributed by atoms with Crippen LogP contribution in [0.3, 0.4) is 0 Å². The summed E-state index contributed by atoms with van der Waals surface area (Å²) in [5, 5.41) is 3.66. The molecule has 11 rings (SSSR count). The number of allylic oxidation sites excluding steroid dienone is 4. The normalized spacial score (nSPS) is 14.4. The Morgan fingerprint density at radius 1 is 0.509 bits per heavy atom. The van der Waals surface area contributed by atoms with Crippen LogP contribution < -0.4 is 0 Å². The van der Waals surface area contributed by atoms with E-state index in [-0.39, 0.29) is 5.92 Å². The van der Waals surface area contributed by atoms with Gasteiger partial charge in [0.15, 0.2) is 0 Å². The van der Waals surface area contributed by atoms with E-state index < -0.39 is 0 Å². The number of pyridine rings is 1. The molecule has 1 atom stereocenters. The van der Waals surface area contributed by atoms with Crippen LogP contribution in [0.25, 0.3) is 92.7 Å². The molecule has 0 bridgehead atoms. The molecule has 6 aromatic carbocycles. The second-order valence-corrected chi connectivity index (χ2v) is 16.0. The van der Waals surface area contributed by atoms with E-state index >= 15 is 0 Å². The van der Waals surface area contributed by atoms with E-state index in [4.69, 9.17) is 15.0 Å². The van der Waals surface area contributed by atoms with E-state index in [0.29, 0.717) is 5.95 Å². The molecule has 0 aliphatic heterocycles. The van der Waals surface area contributed by atoms with Gasteiger partial charge in [0.2, 0.25) is 5.95 Å². The van der Waals surface area contributed by atoms with Crippen molar-refractivity contribution in [3.63, 3.8) is 0 Å². The van der Waals surface area contributed by atoms with Gasteiger partial charge in [-0.1, -0.05) is 134 Å². The van der Waals surface area contributed by atoms with Crippen LogP contribution in [0.2, 0.25) is 0 Å². The van der Waals surface area contributed by atoms with Crippen LogP contribution >= 0.6 is 11.3 Å². The molecule has 270 valence electrons. The monoisotopic (exact) mass is 748 g/mol. The third kappa shape index (κ3) is 5.87. The van der Waals surface area contributed by atoms with E-state index in [1.165, 1.54) is 53.6 Å². The number of aromatic nitrogens is 4. The molecule has 0 spiro atoms. The van der Waals surface area contributed by atoms with Gasteiger partial charge in [0, 0.05) is 37.3 Å². The number of hydrogen-bond donors (Lipinski definition) is 0. The van der Waals surface area contributed by atoms with Crippen LogP contribution in [0.1, 0.15) is 24.6 Å². The highest BCUT2D eigenvalue weighted by atomic mass is 32.1. The Hall–Kier alpha value is -6.95. The lowest BCUT2D eigenvalue weighted by molar-refractivity contribution is 0.764. The molecule has 1 aliphatic carbocycles. The summed E-state index contributed by atoms with van der Waals surface area (Å²) in [7, 11) is 0. The number of rotatable bonds is 6. The van der Waals surface area contributed by atoms with E-state index in [2.05, 4.69) is 181 Å². The maximum absolute atomic E-state index is 5.40. The van der Waals surface area contributed by atoms with Gasteiger partial charge in [-0.05, 0) is 99.8 Å². The first kappa shape index (κ1) is 33.4. The number of thiophene rings is 1. The highest BCUT2D eigenvalue weighted by molar-refractivity contribution is 7.25. The summed E-state index contributed by atoms with van der Waals surface area (Å²) in [6.07, 6.45) is 7.34. The smallest absolute Gasteiger partial charge is 0.235 e. The minimum Gasteiger partial charge on any atom is -0.276 e. The van der Waals surface area contributed by atoms with E-state index in [9.17, 15) is 0 Å². The topological polar surface area (TPSA) is 43.6 Å². The van der Waals surface area contributed by atoms with Crippen LogP contribution in [0, 0.1) is 5.92 Å². The Balaban J connectivity index is 1.08. The molecular weight excluding hydrogens is 713 g/mol. The van der Waals surface area contributed by atoms with E-state index in [0.717, 1.165) is 50.9 Å². The third-order valence-electron chi connectivity index (χ3n) is 11.4. The summed E-state index contributed by atoms with van der Waals surface area (Å²) < 4.78 is 4.81. The first-order chi connectivity index (χ1) is 28.1. The highest BCUT2D eigenvalue weighted by Crippen LogP contribution is 2.40. The van der Waals surface area contributed by atoms with Crippen molar-refractivity contribution in [2.75, 3.05) is 0 Å². The zero-order valence-electron chi connectivity index (χ0n) is 31.3. The third-order valence-corrected chi connectivity index (χ3v) is 12.5. The predicted molar refractivity (Wildman–Crippen MR) is 240 cm³/mol. The molecule has 0 radical (unpaired) electrons. The van der Waals surface area contributed by atoms with Gasteiger partial charge < -0.3 is 0 Å². The van der Waals surface area contributed by atoms with Crippen LogP contribution in [0.15, 0.2) is 182 Å². The molecule has 1 aliphatic rings. The lowest BCUT2D eigenvalue weighted by Gasteiger charge is -2.22. The van der Waals surface area contributed by atoms with E-state index in [1.54, 1.807) is 0 Å². The number of benzene rings is 6. The number of nitrogens with zero attached hydrogens (tertiary/aromatic N) is 4. The van der Waals surface area contributed by atoms with Gasteiger partial charge >= 0.3 is 0 Å². The molecule has 4 nitrogen and oxygen atoms in total. The molecule has 0 saturated carbocycles. The fourth-order valence-corrected chi connectivity index (χ4v) is 9.58. The van der Waals surface area contributed by atoms with Crippen molar-refractivity contribution in [2.45, 2.75) is 13.3 Å². The summed E-state index contributed by atoms with van der Waals surface area (Å²) >= 11 is 1.85. The second kappa shape index (κ2) is 13.7. The van der Waals surface area contributed by atoms with Crippen LogP contribution in [0.4, 0.5) is 0 Å². The molecular formula is C52H36N4S. The van der Waals surface area contributed by atoms with Gasteiger partial charge in [-0.15, -0.1) is 11.3 Å². The molecule has 4 aromatic heterocycles. The van der Waals surface area contributed by atoms with Crippen molar-refractivity contribution in [2.24, 2.45) is 5.92 Å². The first-order valence-corrected chi connectivity index (χ1v) is 20.3. The summed E-state index contributed by atoms with van der Waals surface area (Å²) in [5.41, 5.74) is 14.3. The van der Waals surface area contributed by atoms with Crippen molar-refractivity contribution in [1.29, 1.82) is 0 Å². The maximum Gasteiger partial charge on any atom is 0.235 e. The van der Waals surface area contributed by atoms with Gasteiger partial charge in [-0.3, -0.25) is 9.55 Å². The second-order valence-electron chi connectivity index (χ2n) is 14.9. The van der Waals surface area contributed by atoms with Crippen molar-refractivity contribution in [3.8, 4) is 39.5 Å². The van der Waals surface area contributed by atoms with Crippen molar-refractivity contribution < 1.29 is 0 Å². The molecule has 0 N–H and O–H groups in total. The Bertz CT molecular complexity index is 3210. The molecule has 1 unspecified atom stereocenters. The maximum atomic E-state index is 5.40. The minimum absolute atomic E-state index is 0.265. The Labute approximate surface area is 334 Å². The lowest BCUT2D eigenvalue weighted by atomic mass is 9.84. The molecule has 57 heavy (non-hydrogen) atoms. The standard InChI is InChI=1S/C52H36N4S/c1-33-29-38(35-13-6-3-7-14-35)22-25-41(33)46-32-45(37-20-18-36(19-21-37)34-11-4-2-5-12-34)54-52(55-46)56-47-26-23-39(31-44(47)51-48(56)16-10-28-53-51)40-24-27-50-43(30-40)42-15-8-9-17-49(42)57-50/h2-28,30-33H,29H2,1H3. The minimum atomic E-state index is 0.265. The molecule has 0 fully saturated rings. The molecule has 0 amide bonds. The van der Waals surface area contributed by atoms with Gasteiger partial charge in [-0.2, -0.15) is 0 Å². The Kier molecular flexibility index (Phi) is 8.00. The van der Waals surface area contributed by atoms with Gasteiger partial charge in [0.05, 0.1) is 27.9 Å². The summed E-state index contributed by atoms with van der Waals surface area (Å²) in [4.78, 5) is 15.7. The van der Waals surface area contributed by atoms with Crippen LogP contribution in [0.5, 0.6) is 0 Å². The van der Waals surface area contributed by atoms with Gasteiger partial charge in [0.1, 0.15) is 0 Å². The van der Waals surface area contributed by atoms with Gasteiger partial charge in [0.25, 0.3) is 0 Å². The highest BCUT2D eigenvalue weighted by Gasteiger charge is 2.23. The van der Waals surface area contributed by atoms with Gasteiger partial charge in [-0.25, -0.2) is 9.97 Å². The van der Waals surface area contributed by atoms with Crippen molar-refractivity contribution in [3.05, 3.63) is 193 Å². The molecule has 4 heterocycles. The summed E-state index contributed by atoms with van der Waals surface area (Å²) in [6, 6.07) is 58.4. The quantitative estimate of drug-likeness (QED) is 0.170. The predicted octanol–water partition coefficient (Wildman–Crippen LogP) is 13.8. The van der Waals surface area contributed by atoms with Crippen molar-refractivity contribution >= 4 is 64.6 Å². The molecule has 10 aromatic rings. The average Bonchev–Trinajstić information content (AvgIpc) is 3.82. The summed E-state index contributed by atoms with van der Waals surface area (Å²) in [6.45, 7) is 2.31.